The van der Waals surface area contributed by atoms with Gasteiger partial charge in [0.25, 0.3) is 5.78 Å². The fourth-order valence-electron chi connectivity index (χ4n) is 3.12. The van der Waals surface area contributed by atoms with Crippen LogP contribution in [0.15, 0.2) is 65.7 Å². The van der Waals surface area contributed by atoms with E-state index in [0.717, 1.165) is 0 Å². The Hall–Kier alpha value is -2.67. The molecule has 0 saturated carbocycles. The van der Waals surface area contributed by atoms with Crippen LogP contribution >= 0.6 is 34.5 Å². The first kappa shape index (κ1) is 18.7. The summed E-state index contributed by atoms with van der Waals surface area (Å²) in [6.45, 7) is 0. The van der Waals surface area contributed by atoms with Gasteiger partial charge in [0.2, 0.25) is 0 Å². The molecule has 1 aromatic heterocycles. The minimum atomic E-state index is -0.848. The number of aromatic nitrogens is 1. The van der Waals surface area contributed by atoms with Crippen LogP contribution in [0.2, 0.25) is 10.0 Å². The zero-order valence-corrected chi connectivity index (χ0v) is 16.5. The first-order valence-corrected chi connectivity index (χ1v) is 9.83. The molecule has 1 atom stereocenters. The van der Waals surface area contributed by atoms with Crippen LogP contribution in [0.3, 0.4) is 0 Å². The first-order valence-electron chi connectivity index (χ1n) is 8.20. The number of carbonyl (C=O) groups is 2. The predicted octanol–water partition coefficient (Wildman–Crippen LogP) is 5.08. The zero-order chi connectivity index (χ0) is 19.8. The van der Waals surface area contributed by atoms with Crippen LogP contribution in [0.4, 0.5) is 5.13 Å². The van der Waals surface area contributed by atoms with Crippen molar-refractivity contribution in [3.8, 4) is 0 Å². The van der Waals surface area contributed by atoms with Crippen LogP contribution in [0, 0.1) is 0 Å². The van der Waals surface area contributed by atoms with Gasteiger partial charge in [-0.15, -0.1) is 11.3 Å². The number of aliphatic hydroxyl groups excluding tert-OH is 1. The Kier molecular flexibility index (Phi) is 4.93. The highest BCUT2D eigenvalue weighted by atomic mass is 35.5. The smallest absolute Gasteiger partial charge is 0.301 e. The molecule has 2 heterocycles. The van der Waals surface area contributed by atoms with Crippen molar-refractivity contribution < 1.29 is 14.7 Å². The maximum absolute atomic E-state index is 12.9. The SMILES string of the molecule is O=C1C(=O)N(c2nccs2)C(c2ccc(Cl)cc2)/C1=C(\O)c1ccccc1Cl. The molecule has 1 amide bonds. The van der Waals surface area contributed by atoms with Gasteiger partial charge in [-0.3, -0.25) is 14.5 Å². The summed E-state index contributed by atoms with van der Waals surface area (Å²) >= 11 is 13.4. The number of Topliss-reactive ketones (excluding diaryl/α,β-unsaturated/α-hetero) is 1. The van der Waals surface area contributed by atoms with E-state index in [1.807, 2.05) is 0 Å². The third kappa shape index (κ3) is 3.09. The van der Waals surface area contributed by atoms with Crippen LogP contribution in [0.25, 0.3) is 5.76 Å². The van der Waals surface area contributed by atoms with E-state index in [0.29, 0.717) is 15.7 Å². The van der Waals surface area contributed by atoms with E-state index >= 15 is 0 Å². The number of rotatable bonds is 3. The number of hydrogen-bond donors (Lipinski definition) is 1. The highest BCUT2D eigenvalue weighted by Gasteiger charge is 2.48. The minimum Gasteiger partial charge on any atom is -0.507 e. The van der Waals surface area contributed by atoms with E-state index in [-0.39, 0.29) is 21.9 Å². The number of benzene rings is 2. The molecule has 5 nitrogen and oxygen atoms in total. The number of anilines is 1. The summed E-state index contributed by atoms with van der Waals surface area (Å²) in [7, 11) is 0. The van der Waals surface area contributed by atoms with Gasteiger partial charge in [-0.25, -0.2) is 4.98 Å². The number of nitrogens with zero attached hydrogens (tertiary/aromatic N) is 2. The Balaban J connectivity index is 1.96. The second kappa shape index (κ2) is 7.39. The summed E-state index contributed by atoms with van der Waals surface area (Å²) in [5.74, 6) is -1.89. The van der Waals surface area contributed by atoms with E-state index < -0.39 is 17.7 Å². The second-order valence-electron chi connectivity index (χ2n) is 6.02. The first-order chi connectivity index (χ1) is 13.5. The number of carbonyl (C=O) groups excluding carboxylic acids is 2. The summed E-state index contributed by atoms with van der Waals surface area (Å²) in [6, 6.07) is 12.5. The highest BCUT2D eigenvalue weighted by Crippen LogP contribution is 2.43. The zero-order valence-electron chi connectivity index (χ0n) is 14.2. The van der Waals surface area contributed by atoms with E-state index in [4.69, 9.17) is 23.2 Å². The van der Waals surface area contributed by atoms with E-state index in [2.05, 4.69) is 4.98 Å². The fraction of sp³-hybridized carbons (Fsp3) is 0.0500. The summed E-state index contributed by atoms with van der Waals surface area (Å²) in [4.78, 5) is 31.2. The Labute approximate surface area is 174 Å². The molecule has 4 rings (SSSR count). The van der Waals surface area contributed by atoms with Gasteiger partial charge in [0.15, 0.2) is 5.13 Å². The third-order valence-corrected chi connectivity index (χ3v) is 5.74. The molecule has 1 unspecified atom stereocenters. The van der Waals surface area contributed by atoms with Gasteiger partial charge >= 0.3 is 5.91 Å². The van der Waals surface area contributed by atoms with Crippen molar-refractivity contribution in [2.24, 2.45) is 0 Å². The molecule has 1 fully saturated rings. The lowest BCUT2D eigenvalue weighted by Crippen LogP contribution is -2.29. The van der Waals surface area contributed by atoms with Crippen LogP contribution in [0.5, 0.6) is 0 Å². The van der Waals surface area contributed by atoms with Crippen molar-refractivity contribution in [1.29, 1.82) is 0 Å². The molecule has 0 spiro atoms. The number of aliphatic hydroxyl groups is 1. The highest BCUT2D eigenvalue weighted by molar-refractivity contribution is 7.14. The third-order valence-electron chi connectivity index (χ3n) is 4.38. The summed E-state index contributed by atoms with van der Waals surface area (Å²) in [5, 5.41) is 13.8. The number of amides is 1. The molecule has 140 valence electrons. The van der Waals surface area contributed by atoms with Gasteiger partial charge in [-0.05, 0) is 29.8 Å². The molecular formula is C20H12Cl2N2O3S. The average Bonchev–Trinajstić information content (AvgIpc) is 3.30. The molecule has 8 heteroatoms. The van der Waals surface area contributed by atoms with E-state index in [1.165, 1.54) is 16.2 Å². The quantitative estimate of drug-likeness (QED) is 0.357. The molecule has 0 radical (unpaired) electrons. The summed E-state index contributed by atoms with van der Waals surface area (Å²) < 4.78 is 0. The van der Waals surface area contributed by atoms with Crippen molar-refractivity contribution in [2.75, 3.05) is 4.90 Å². The van der Waals surface area contributed by atoms with Crippen LogP contribution in [-0.2, 0) is 9.59 Å². The molecular weight excluding hydrogens is 419 g/mol. The van der Waals surface area contributed by atoms with Crippen molar-refractivity contribution in [3.63, 3.8) is 0 Å². The van der Waals surface area contributed by atoms with Crippen LogP contribution < -0.4 is 4.90 Å². The van der Waals surface area contributed by atoms with Crippen LogP contribution in [-0.4, -0.2) is 21.8 Å². The summed E-state index contributed by atoms with van der Waals surface area (Å²) in [6.07, 6.45) is 1.55. The molecule has 1 aliphatic rings. The van der Waals surface area contributed by atoms with Crippen LogP contribution in [0.1, 0.15) is 17.2 Å². The van der Waals surface area contributed by atoms with Crippen molar-refractivity contribution in [1.82, 2.24) is 4.98 Å². The number of thiazole rings is 1. The monoisotopic (exact) mass is 430 g/mol. The Morgan fingerprint density at radius 1 is 1.07 bits per heavy atom. The van der Waals surface area contributed by atoms with E-state index in [1.54, 1.807) is 60.1 Å². The lowest BCUT2D eigenvalue weighted by atomic mass is 9.95. The Bertz CT molecular complexity index is 1090. The largest absolute Gasteiger partial charge is 0.507 e. The average molecular weight is 431 g/mol. The number of halogens is 2. The normalized spacial score (nSPS) is 18.6. The Morgan fingerprint density at radius 2 is 1.79 bits per heavy atom. The predicted molar refractivity (Wildman–Crippen MR) is 110 cm³/mol. The molecule has 28 heavy (non-hydrogen) atoms. The molecule has 0 aliphatic carbocycles. The van der Waals surface area contributed by atoms with E-state index in [9.17, 15) is 14.7 Å². The van der Waals surface area contributed by atoms with Crippen molar-refractivity contribution >= 4 is 57.1 Å². The number of ketones is 1. The molecule has 1 N–H and O–H groups in total. The van der Waals surface area contributed by atoms with Crippen molar-refractivity contribution in [3.05, 3.63) is 86.9 Å². The molecule has 1 saturated heterocycles. The van der Waals surface area contributed by atoms with Crippen molar-refractivity contribution in [2.45, 2.75) is 6.04 Å². The fourth-order valence-corrected chi connectivity index (χ4v) is 4.14. The lowest BCUT2D eigenvalue weighted by Gasteiger charge is -2.23. The second-order valence-corrected chi connectivity index (χ2v) is 7.73. The minimum absolute atomic E-state index is 0.0457. The molecule has 1 aliphatic heterocycles. The van der Waals surface area contributed by atoms with Gasteiger partial charge in [-0.1, -0.05) is 47.5 Å². The molecule has 0 bridgehead atoms. The Morgan fingerprint density at radius 3 is 2.43 bits per heavy atom. The lowest BCUT2D eigenvalue weighted by molar-refractivity contribution is -0.132. The van der Waals surface area contributed by atoms with Gasteiger partial charge < -0.3 is 5.11 Å². The maximum atomic E-state index is 12.9. The maximum Gasteiger partial charge on any atom is 0.301 e. The standard InChI is InChI=1S/C20H12Cl2N2O3S/c21-12-7-5-11(6-8-12)16-15(17(25)13-3-1-2-4-14(13)22)18(26)19(27)24(16)20-23-9-10-28-20/h1-10,16,25H/b17-15+. The molecule has 3 aromatic rings. The topological polar surface area (TPSA) is 70.5 Å². The van der Waals surface area contributed by atoms with Gasteiger partial charge in [-0.2, -0.15) is 0 Å². The number of hydrogen-bond acceptors (Lipinski definition) is 5. The van der Waals surface area contributed by atoms with Gasteiger partial charge in [0, 0.05) is 22.2 Å². The van der Waals surface area contributed by atoms with Gasteiger partial charge in [0.05, 0.1) is 16.6 Å². The van der Waals surface area contributed by atoms with Gasteiger partial charge in [0.1, 0.15) is 5.76 Å². The molecule has 2 aromatic carbocycles. The summed E-state index contributed by atoms with van der Waals surface area (Å²) in [5.41, 5.74) is 0.850.